The average molecular weight is 1490 g/mol. The van der Waals surface area contributed by atoms with E-state index < -0.39 is 288 Å². The second-order valence-electron chi connectivity index (χ2n) is 20.9. The lowest BCUT2D eigenvalue weighted by Crippen LogP contribution is -2.73. The molecule has 2 aliphatic rings. The molecule has 0 radical (unpaired) electrons. The zero-order valence-electron chi connectivity index (χ0n) is 44.5. The van der Waals surface area contributed by atoms with Crippen LogP contribution in [-0.4, -0.2) is 130 Å². The van der Waals surface area contributed by atoms with E-state index in [0.29, 0.717) is 0 Å². The van der Waals surface area contributed by atoms with Crippen LogP contribution in [0.4, 0.5) is 176 Å². The normalized spacial score (nSPS) is 15.9. The van der Waals surface area contributed by atoms with E-state index in [-0.39, 0.29) is 24.3 Å². The van der Waals surface area contributed by atoms with E-state index in [9.17, 15) is 125 Å². The predicted molar refractivity (Wildman–Crippen MR) is 240 cm³/mol. The van der Waals surface area contributed by atoms with Crippen LogP contribution < -0.4 is 0 Å². The highest BCUT2D eigenvalue weighted by atomic mass is 19.4. The molecule has 0 fully saturated rings. The van der Waals surface area contributed by atoms with Gasteiger partial charge in [0.1, 0.15) is 0 Å². The van der Waals surface area contributed by atoms with E-state index in [2.05, 4.69) is 0 Å². The number of halogens is 40. The summed E-state index contributed by atoms with van der Waals surface area (Å²) in [5.74, 6) is -147. The Balaban J connectivity index is 1.36. The van der Waals surface area contributed by atoms with Gasteiger partial charge in [-0.3, -0.25) is 29.0 Å². The molecule has 0 spiro atoms. The topological polar surface area (TPSA) is 74.8 Å². The summed E-state index contributed by atoms with van der Waals surface area (Å²) in [6.07, 6.45) is -16.3. The third-order valence-electron chi connectivity index (χ3n) is 15.5. The third kappa shape index (κ3) is 8.84. The molecule has 6 nitrogen and oxygen atoms in total. The summed E-state index contributed by atoms with van der Waals surface area (Å²) >= 11 is 0. The zero-order chi connectivity index (χ0) is 75.1. The molecule has 0 aliphatic carbocycles. The highest BCUT2D eigenvalue weighted by Crippen LogP contribution is 2.65. The van der Waals surface area contributed by atoms with Crippen LogP contribution in [0.5, 0.6) is 0 Å². The first-order chi connectivity index (χ1) is 43.9. The molecule has 0 N–H and O–H groups in total. The van der Waals surface area contributed by atoms with Crippen molar-refractivity contribution < 1.29 is 195 Å². The lowest BCUT2D eigenvalue weighted by molar-refractivity contribution is -0.452. The number of hydrogen-bond donors (Lipinski definition) is 0. The van der Waals surface area contributed by atoms with Crippen LogP contribution in [0, 0.1) is 58.2 Å². The van der Waals surface area contributed by atoms with Gasteiger partial charge in [-0.25, -0.2) is 43.9 Å². The largest absolute Gasteiger partial charge is 0.460 e. The van der Waals surface area contributed by atoms with Crippen molar-refractivity contribution >= 4 is 66.7 Å². The lowest BCUT2D eigenvalue weighted by atomic mass is 9.77. The van der Waals surface area contributed by atoms with Gasteiger partial charge in [0.25, 0.3) is 23.6 Å². The number of rotatable bonds is 16. The molecule has 0 saturated heterocycles. The summed E-state index contributed by atoms with van der Waals surface area (Å²) in [5, 5.41) is -12.8. The molecule has 2 aliphatic heterocycles. The van der Waals surface area contributed by atoms with Crippen molar-refractivity contribution in [2.24, 2.45) is 0 Å². The SMILES string of the molecule is O=C1c2ccc3c4c(-c5c(F)c(F)c(F)c(F)c5F)cc5c6c(ccc(c7c(-c8c(F)c(F)c(F)c(F)c8F)cc(c2c37)C(=O)N1CC(F)(F)C(F)(F)C(F)(F)C(F)(F)C(F)(F)C(F)(F)C(F)(F)F)c64)C(=O)N(CC(F)(F)C(F)(F)C(F)(F)C(F)(F)C(F)(F)C(F)(F)C(F)(F)F)C5=O. The van der Waals surface area contributed by atoms with Crippen LogP contribution in [0.25, 0.3) is 65.3 Å². The minimum Gasteiger partial charge on any atom is -0.269 e. The first kappa shape index (κ1) is 73.6. The molecule has 532 valence electrons. The predicted octanol–water partition coefficient (Wildman–Crippen LogP) is 18.4. The Kier molecular flexibility index (Phi) is 15.7. The summed E-state index contributed by atoms with van der Waals surface area (Å²) in [4.78, 5) is 53.7. The highest BCUT2D eigenvalue weighted by Gasteiger charge is 2.95. The van der Waals surface area contributed by atoms with E-state index in [1.165, 1.54) is 0 Å². The minimum absolute atomic E-state index is 0.0441. The van der Waals surface area contributed by atoms with E-state index in [4.69, 9.17) is 0 Å². The Morgan fingerprint density at radius 3 is 0.694 bits per heavy atom. The number of alkyl halides is 30. The fourth-order valence-corrected chi connectivity index (χ4v) is 10.5. The molecular formula is C52H10F40N2O4. The van der Waals surface area contributed by atoms with Crippen molar-refractivity contribution in [3.63, 3.8) is 0 Å². The van der Waals surface area contributed by atoms with Crippen LogP contribution >= 0.6 is 0 Å². The second-order valence-corrected chi connectivity index (χ2v) is 20.9. The standard InChI is InChI=1S/C52H10F40N2O4/c53-25-23(26(54)30(58)33(61)29(25)57)13-5-16-20-12(36(96)94(38(16)98)8-40(65,66)42(69,70)44(73,74)46(77,78)48(81,82)50(85,86)52(90,91)92)4-2-10-18-14(24-27(55)31(59)34(62)32(60)28(24)56)6-15-19-11(3-1-9(21(18)19)17(13)22(10)20)35(95)93(37(15)97)7-39(63,64)41(67,68)43(71,72)45(75,76)47(79,80)49(83,84)51(87,88)89/h1-6H,7-8H2. The number of hydrogen-bond acceptors (Lipinski definition) is 4. The van der Waals surface area contributed by atoms with Gasteiger partial charge in [-0.15, -0.1) is 0 Å². The van der Waals surface area contributed by atoms with E-state index in [1.54, 1.807) is 0 Å². The molecule has 2 heterocycles. The maximum absolute atomic E-state index is 16.2. The van der Waals surface area contributed by atoms with Gasteiger partial charge in [0, 0.05) is 33.0 Å². The molecule has 46 heteroatoms. The Morgan fingerprint density at radius 1 is 0.235 bits per heavy atom. The maximum atomic E-state index is 16.2. The monoisotopic (exact) mass is 1490 g/mol. The van der Waals surface area contributed by atoms with Gasteiger partial charge in [-0.1, -0.05) is 12.1 Å². The molecule has 0 unspecified atom stereocenters. The third-order valence-corrected chi connectivity index (χ3v) is 15.5. The van der Waals surface area contributed by atoms with E-state index in [0.717, 1.165) is 0 Å². The van der Waals surface area contributed by atoms with Gasteiger partial charge >= 0.3 is 83.4 Å². The fraction of sp³-hybridized carbons (Fsp3) is 0.308. The summed E-state index contributed by atoms with van der Waals surface area (Å²) in [6.45, 7) is -8.20. The van der Waals surface area contributed by atoms with Crippen LogP contribution in [0.15, 0.2) is 36.4 Å². The Hall–Kier alpha value is -8.68. The van der Waals surface area contributed by atoms with Crippen molar-refractivity contribution in [3.05, 3.63) is 117 Å². The van der Waals surface area contributed by atoms with Crippen molar-refractivity contribution in [2.45, 2.75) is 83.4 Å². The maximum Gasteiger partial charge on any atom is 0.460 e. The van der Waals surface area contributed by atoms with Gasteiger partial charge in [0.15, 0.2) is 46.5 Å². The quantitative estimate of drug-likeness (QED) is 0.0241. The van der Waals surface area contributed by atoms with Crippen LogP contribution in [-0.2, 0) is 0 Å². The summed E-state index contributed by atoms with van der Waals surface area (Å²) in [5.41, 5.74) is -17.2. The number of benzene rings is 7. The van der Waals surface area contributed by atoms with Gasteiger partial charge in [-0.05, 0) is 67.7 Å². The van der Waals surface area contributed by atoms with E-state index >= 15 is 70.2 Å². The molecule has 4 amide bonds. The number of amides is 4. The molecule has 98 heavy (non-hydrogen) atoms. The second kappa shape index (κ2) is 20.9. The molecule has 0 bridgehead atoms. The van der Waals surface area contributed by atoms with Crippen LogP contribution in [0.3, 0.4) is 0 Å². The highest BCUT2D eigenvalue weighted by molar-refractivity contribution is 6.44. The van der Waals surface area contributed by atoms with Gasteiger partial charge < -0.3 is 0 Å². The van der Waals surface area contributed by atoms with Crippen molar-refractivity contribution in [1.82, 2.24) is 9.80 Å². The summed E-state index contributed by atoms with van der Waals surface area (Å²) in [6, 6.07) is -1.31. The molecule has 0 aromatic heterocycles. The van der Waals surface area contributed by atoms with Gasteiger partial charge in [0.2, 0.25) is 11.6 Å². The first-order valence-corrected chi connectivity index (χ1v) is 24.6. The van der Waals surface area contributed by atoms with Crippen molar-refractivity contribution in [1.29, 1.82) is 0 Å². The molecule has 0 saturated carbocycles. The van der Waals surface area contributed by atoms with Crippen LogP contribution in [0.2, 0.25) is 0 Å². The Labute approximate surface area is 506 Å². The number of nitrogens with zero attached hydrogens (tertiary/aromatic N) is 2. The molecule has 7 aromatic rings. The summed E-state index contributed by atoms with van der Waals surface area (Å²) in [7, 11) is 0. The number of imide groups is 2. The molecule has 7 aromatic carbocycles. The van der Waals surface area contributed by atoms with E-state index in [1.807, 2.05) is 0 Å². The number of carbonyl (C=O) groups excluding carboxylic acids is 4. The summed E-state index contributed by atoms with van der Waals surface area (Å²) < 4.78 is 584. The Morgan fingerprint density at radius 2 is 0.449 bits per heavy atom. The molecular weight excluding hydrogens is 1480 g/mol. The van der Waals surface area contributed by atoms with Crippen molar-refractivity contribution in [2.75, 3.05) is 13.1 Å². The van der Waals surface area contributed by atoms with Gasteiger partial charge in [0.05, 0.1) is 24.2 Å². The molecule has 9 rings (SSSR count). The fourth-order valence-electron chi connectivity index (χ4n) is 10.5. The average Bonchev–Trinajstić information content (AvgIpc) is 0.678. The van der Waals surface area contributed by atoms with Crippen molar-refractivity contribution in [3.8, 4) is 22.3 Å². The zero-order valence-corrected chi connectivity index (χ0v) is 44.5. The first-order valence-electron chi connectivity index (χ1n) is 24.6. The smallest absolute Gasteiger partial charge is 0.269 e. The minimum atomic E-state index is -9.04. The van der Waals surface area contributed by atoms with Crippen LogP contribution in [0.1, 0.15) is 41.4 Å². The number of fused-ring (bicyclic) bond motifs is 2. The Bertz CT molecular complexity index is 4330. The lowest BCUT2D eigenvalue weighted by Gasteiger charge is -2.42. The molecule has 0 atom stereocenters. The van der Waals surface area contributed by atoms with Gasteiger partial charge in [-0.2, -0.15) is 132 Å². The number of carbonyl (C=O) groups is 4.